The zero-order valence-electron chi connectivity index (χ0n) is 21.5. The minimum atomic E-state index is -1.85. The van der Waals surface area contributed by atoms with Gasteiger partial charge in [0.2, 0.25) is 8.32 Å². The largest absolute Gasteiger partial charge is 0.544 e. The van der Waals surface area contributed by atoms with Crippen LogP contribution in [0.3, 0.4) is 0 Å². The Balaban J connectivity index is 1.49. The van der Waals surface area contributed by atoms with Gasteiger partial charge in [-0.25, -0.2) is 0 Å². The molecule has 1 saturated heterocycles. The second kappa shape index (κ2) is 10.4. The van der Waals surface area contributed by atoms with Crippen LogP contribution in [0.15, 0.2) is 84.9 Å². The maximum atomic E-state index is 6.54. The fourth-order valence-electron chi connectivity index (χ4n) is 4.46. The number of hydrogen-bond acceptors (Lipinski definition) is 3. The third-order valence-electron chi connectivity index (χ3n) is 7.50. The van der Waals surface area contributed by atoms with Gasteiger partial charge in [0.15, 0.2) is 0 Å². The molecule has 1 aliphatic rings. The predicted octanol–water partition coefficient (Wildman–Crippen LogP) is 7.87. The summed E-state index contributed by atoms with van der Waals surface area (Å²) in [6.45, 7) is 14.8. The molecular weight excluding hydrogens is 432 g/mol. The number of para-hydroxylation sites is 1. The van der Waals surface area contributed by atoms with Gasteiger partial charge in [-0.15, -0.1) is 0 Å². The lowest BCUT2D eigenvalue weighted by Gasteiger charge is -2.40. The average Bonchev–Trinajstić information content (AvgIpc) is 2.82. The first-order valence-electron chi connectivity index (χ1n) is 12.6. The molecule has 0 aromatic heterocycles. The average molecular weight is 473 g/mol. The smallest absolute Gasteiger partial charge is 0.250 e. The van der Waals surface area contributed by atoms with Gasteiger partial charge in [-0.05, 0) is 72.9 Å². The summed E-state index contributed by atoms with van der Waals surface area (Å²) >= 11 is 0. The molecule has 0 amide bonds. The van der Waals surface area contributed by atoms with E-state index in [0.29, 0.717) is 6.04 Å². The van der Waals surface area contributed by atoms with Crippen LogP contribution >= 0.6 is 0 Å². The third kappa shape index (κ3) is 5.92. The van der Waals surface area contributed by atoms with Gasteiger partial charge >= 0.3 is 0 Å². The highest BCUT2D eigenvalue weighted by molar-refractivity contribution is 6.74. The standard InChI is InChI=1S/C30H40N2OSi/c1-30(2,3)34(4,5)33-29-18-16-27(17-19-29)32(26-14-10-7-11-15-26)28-20-22-31(23-21-28)24-25-12-8-6-9-13-25/h6-19,28H,20-24H2,1-5H3. The number of benzene rings is 3. The van der Waals surface area contributed by atoms with Crippen molar-refractivity contribution in [3.8, 4) is 5.75 Å². The van der Waals surface area contributed by atoms with Crippen molar-refractivity contribution < 1.29 is 4.43 Å². The van der Waals surface area contributed by atoms with Gasteiger partial charge < -0.3 is 9.33 Å². The first-order chi connectivity index (χ1) is 16.2. The Kier molecular flexibility index (Phi) is 7.49. The van der Waals surface area contributed by atoms with Gasteiger partial charge in [-0.1, -0.05) is 69.3 Å². The van der Waals surface area contributed by atoms with E-state index >= 15 is 0 Å². The van der Waals surface area contributed by atoms with Crippen LogP contribution in [0.25, 0.3) is 0 Å². The highest BCUT2D eigenvalue weighted by Gasteiger charge is 2.39. The molecule has 0 atom stereocenters. The van der Waals surface area contributed by atoms with Crippen LogP contribution in [-0.4, -0.2) is 32.3 Å². The molecule has 3 aromatic rings. The maximum Gasteiger partial charge on any atom is 0.250 e. The van der Waals surface area contributed by atoms with Gasteiger partial charge in [0, 0.05) is 37.1 Å². The summed E-state index contributed by atoms with van der Waals surface area (Å²) in [7, 11) is -1.85. The predicted molar refractivity (Wildman–Crippen MR) is 148 cm³/mol. The highest BCUT2D eigenvalue weighted by Crippen LogP contribution is 2.38. The van der Waals surface area contributed by atoms with Crippen molar-refractivity contribution in [2.45, 2.75) is 64.3 Å². The van der Waals surface area contributed by atoms with Crippen molar-refractivity contribution in [3.63, 3.8) is 0 Å². The second-order valence-electron chi connectivity index (χ2n) is 11.1. The summed E-state index contributed by atoms with van der Waals surface area (Å²) in [5, 5.41) is 0.190. The molecule has 34 heavy (non-hydrogen) atoms. The Morgan fingerprint density at radius 1 is 0.794 bits per heavy atom. The van der Waals surface area contributed by atoms with Crippen LogP contribution in [0, 0.1) is 0 Å². The number of anilines is 2. The molecule has 0 bridgehead atoms. The molecule has 1 aliphatic heterocycles. The minimum absolute atomic E-state index is 0.190. The first-order valence-corrected chi connectivity index (χ1v) is 15.5. The van der Waals surface area contributed by atoms with Gasteiger partial charge in [0.25, 0.3) is 0 Å². The lowest BCUT2D eigenvalue weighted by molar-refractivity contribution is 0.205. The van der Waals surface area contributed by atoms with E-state index in [1.807, 2.05) is 0 Å². The molecule has 3 aromatic carbocycles. The van der Waals surface area contributed by atoms with Crippen LogP contribution in [0.2, 0.25) is 18.1 Å². The van der Waals surface area contributed by atoms with Crippen molar-refractivity contribution in [2.75, 3.05) is 18.0 Å². The first kappa shape index (κ1) is 24.6. The SMILES string of the molecule is CC(C)(C)[Si](C)(C)Oc1ccc(N(c2ccccc2)C2CCN(Cc3ccccc3)CC2)cc1. The van der Waals surface area contributed by atoms with Crippen molar-refractivity contribution in [2.24, 2.45) is 0 Å². The summed E-state index contributed by atoms with van der Waals surface area (Å²) in [4.78, 5) is 5.13. The van der Waals surface area contributed by atoms with E-state index in [1.165, 1.54) is 16.9 Å². The number of hydrogen-bond donors (Lipinski definition) is 0. The molecule has 1 heterocycles. The summed E-state index contributed by atoms with van der Waals surface area (Å²) in [5.41, 5.74) is 3.91. The topological polar surface area (TPSA) is 15.7 Å². The normalized spacial score (nSPS) is 15.8. The molecule has 1 fully saturated rings. The maximum absolute atomic E-state index is 6.54. The zero-order valence-corrected chi connectivity index (χ0v) is 22.5. The third-order valence-corrected chi connectivity index (χ3v) is 11.9. The van der Waals surface area contributed by atoms with Gasteiger partial charge in [-0.3, -0.25) is 4.90 Å². The molecule has 3 nitrogen and oxygen atoms in total. The molecule has 4 rings (SSSR count). The van der Waals surface area contributed by atoms with E-state index in [2.05, 4.69) is 129 Å². The van der Waals surface area contributed by atoms with E-state index < -0.39 is 8.32 Å². The Hall–Kier alpha value is -2.56. The minimum Gasteiger partial charge on any atom is -0.544 e. The quantitative estimate of drug-likeness (QED) is 0.325. The van der Waals surface area contributed by atoms with Crippen LogP contribution in [-0.2, 0) is 6.54 Å². The Bertz CT molecular complexity index is 1020. The van der Waals surface area contributed by atoms with Crippen molar-refractivity contribution in [3.05, 3.63) is 90.5 Å². The summed E-state index contributed by atoms with van der Waals surface area (Å²) in [5.74, 6) is 0.987. The molecule has 0 aliphatic carbocycles. The number of nitrogens with zero attached hydrogens (tertiary/aromatic N) is 2. The zero-order chi connectivity index (χ0) is 24.2. The van der Waals surface area contributed by atoms with Crippen molar-refractivity contribution in [1.82, 2.24) is 4.90 Å². The van der Waals surface area contributed by atoms with Crippen LogP contribution in [0.4, 0.5) is 11.4 Å². The lowest BCUT2D eigenvalue weighted by atomic mass is 10.0. The van der Waals surface area contributed by atoms with E-state index in [4.69, 9.17) is 4.43 Å². The summed E-state index contributed by atoms with van der Waals surface area (Å²) < 4.78 is 6.54. The summed E-state index contributed by atoms with van der Waals surface area (Å²) in [6.07, 6.45) is 2.31. The monoisotopic (exact) mass is 472 g/mol. The van der Waals surface area contributed by atoms with E-state index in [0.717, 1.165) is 38.2 Å². The molecule has 180 valence electrons. The molecule has 0 radical (unpaired) electrons. The Labute approximate surface area is 207 Å². The lowest BCUT2D eigenvalue weighted by Crippen LogP contribution is -2.44. The van der Waals surface area contributed by atoms with Gasteiger partial charge in [0.05, 0.1) is 0 Å². The molecule has 0 saturated carbocycles. The second-order valence-corrected chi connectivity index (χ2v) is 15.8. The Morgan fingerprint density at radius 2 is 1.32 bits per heavy atom. The number of piperidine rings is 1. The van der Waals surface area contributed by atoms with Gasteiger partial charge in [-0.2, -0.15) is 0 Å². The number of rotatable bonds is 7. The molecule has 0 spiro atoms. The molecule has 0 unspecified atom stereocenters. The van der Waals surface area contributed by atoms with Crippen LogP contribution in [0.1, 0.15) is 39.2 Å². The highest BCUT2D eigenvalue weighted by atomic mass is 28.4. The Morgan fingerprint density at radius 3 is 1.88 bits per heavy atom. The van der Waals surface area contributed by atoms with E-state index in [9.17, 15) is 0 Å². The van der Waals surface area contributed by atoms with Crippen LogP contribution < -0.4 is 9.33 Å². The fourth-order valence-corrected chi connectivity index (χ4v) is 5.49. The molecule has 0 N–H and O–H groups in total. The van der Waals surface area contributed by atoms with Crippen molar-refractivity contribution in [1.29, 1.82) is 0 Å². The molecule has 4 heteroatoms. The van der Waals surface area contributed by atoms with E-state index in [-0.39, 0.29) is 5.04 Å². The van der Waals surface area contributed by atoms with Crippen LogP contribution in [0.5, 0.6) is 5.75 Å². The van der Waals surface area contributed by atoms with E-state index in [1.54, 1.807) is 0 Å². The molecular formula is C30H40N2OSi. The summed E-state index contributed by atoms with van der Waals surface area (Å²) in [6, 6.07) is 31.0. The number of likely N-dealkylation sites (tertiary alicyclic amines) is 1. The van der Waals surface area contributed by atoms with Gasteiger partial charge in [0.1, 0.15) is 5.75 Å². The fraction of sp³-hybridized carbons (Fsp3) is 0.400. The van der Waals surface area contributed by atoms with Crippen molar-refractivity contribution >= 4 is 19.7 Å².